The van der Waals surface area contributed by atoms with E-state index in [1.165, 1.54) is 17.7 Å². The minimum Gasteiger partial charge on any atom is -0.406 e. The van der Waals surface area contributed by atoms with Gasteiger partial charge in [0.15, 0.2) is 0 Å². The fourth-order valence-electron chi connectivity index (χ4n) is 1.96. The van der Waals surface area contributed by atoms with Crippen LogP contribution in [0, 0.1) is 6.92 Å². The standard InChI is InChI=1S/C17H18F3NOS/c1-3-21(23-16-10-4-13(2)5-11-16)12-14-6-8-15(9-7-14)22-17(18,19)20/h4-11H,3,12H2,1-2H3. The molecular formula is C17H18F3NOS. The molecule has 124 valence electrons. The van der Waals surface area contributed by atoms with Crippen molar-refractivity contribution in [2.24, 2.45) is 0 Å². The molecule has 0 saturated carbocycles. The van der Waals surface area contributed by atoms with Gasteiger partial charge in [-0.3, -0.25) is 0 Å². The van der Waals surface area contributed by atoms with Crippen molar-refractivity contribution in [3.8, 4) is 5.75 Å². The first kappa shape index (κ1) is 17.7. The second-order valence-electron chi connectivity index (χ2n) is 5.05. The number of ether oxygens (including phenoxy) is 1. The van der Waals surface area contributed by atoms with Crippen LogP contribution in [0.4, 0.5) is 13.2 Å². The molecule has 0 N–H and O–H groups in total. The number of halogens is 3. The summed E-state index contributed by atoms with van der Waals surface area (Å²) >= 11 is 1.63. The summed E-state index contributed by atoms with van der Waals surface area (Å²) < 4.78 is 42.4. The molecule has 0 bridgehead atoms. The molecule has 0 amide bonds. The van der Waals surface area contributed by atoms with Crippen LogP contribution in [0.2, 0.25) is 0 Å². The molecule has 2 nitrogen and oxygen atoms in total. The highest BCUT2D eigenvalue weighted by molar-refractivity contribution is 7.97. The normalized spacial score (nSPS) is 11.7. The quantitative estimate of drug-likeness (QED) is 0.651. The van der Waals surface area contributed by atoms with E-state index in [9.17, 15) is 13.2 Å². The van der Waals surface area contributed by atoms with E-state index in [1.807, 2.05) is 13.8 Å². The van der Waals surface area contributed by atoms with E-state index in [0.717, 1.165) is 17.0 Å². The molecule has 6 heteroatoms. The van der Waals surface area contributed by atoms with Gasteiger partial charge in [-0.2, -0.15) is 0 Å². The molecule has 0 saturated heterocycles. The Kier molecular flexibility index (Phi) is 5.96. The molecule has 0 fully saturated rings. The zero-order valence-corrected chi connectivity index (χ0v) is 13.7. The largest absolute Gasteiger partial charge is 0.573 e. The van der Waals surface area contributed by atoms with Gasteiger partial charge in [0, 0.05) is 18.0 Å². The van der Waals surface area contributed by atoms with E-state index in [2.05, 4.69) is 33.3 Å². The molecule has 0 spiro atoms. The van der Waals surface area contributed by atoms with Gasteiger partial charge < -0.3 is 4.74 Å². The fraction of sp³-hybridized carbons (Fsp3) is 0.294. The van der Waals surface area contributed by atoms with E-state index in [0.29, 0.717) is 6.54 Å². The monoisotopic (exact) mass is 341 g/mol. The molecule has 2 aromatic carbocycles. The summed E-state index contributed by atoms with van der Waals surface area (Å²) in [7, 11) is 0. The van der Waals surface area contributed by atoms with Crippen molar-refractivity contribution in [2.75, 3.05) is 6.54 Å². The fourth-order valence-corrected chi connectivity index (χ4v) is 2.86. The first-order valence-electron chi connectivity index (χ1n) is 7.20. The molecule has 0 heterocycles. The Balaban J connectivity index is 1.97. The van der Waals surface area contributed by atoms with Gasteiger partial charge in [0.2, 0.25) is 0 Å². The molecule has 2 rings (SSSR count). The second-order valence-corrected chi connectivity index (χ2v) is 6.22. The first-order chi connectivity index (χ1) is 10.9. The van der Waals surface area contributed by atoms with Crippen molar-refractivity contribution >= 4 is 11.9 Å². The maximum atomic E-state index is 12.1. The van der Waals surface area contributed by atoms with Crippen LogP contribution < -0.4 is 4.74 Å². The van der Waals surface area contributed by atoms with Crippen molar-refractivity contribution < 1.29 is 17.9 Å². The summed E-state index contributed by atoms with van der Waals surface area (Å²) in [5.74, 6) is -0.199. The third-order valence-electron chi connectivity index (χ3n) is 3.12. The molecule has 0 radical (unpaired) electrons. The summed E-state index contributed by atoms with van der Waals surface area (Å²) in [4.78, 5) is 1.13. The number of benzene rings is 2. The number of rotatable bonds is 6. The highest BCUT2D eigenvalue weighted by Crippen LogP contribution is 2.26. The topological polar surface area (TPSA) is 12.5 Å². The number of hydrogen-bond acceptors (Lipinski definition) is 3. The number of nitrogens with zero attached hydrogens (tertiary/aromatic N) is 1. The lowest BCUT2D eigenvalue weighted by Crippen LogP contribution is -2.17. The van der Waals surface area contributed by atoms with Crippen molar-refractivity contribution in [2.45, 2.75) is 31.7 Å². The molecule has 0 aliphatic carbocycles. The van der Waals surface area contributed by atoms with Gasteiger partial charge in [-0.1, -0.05) is 36.8 Å². The van der Waals surface area contributed by atoms with E-state index in [4.69, 9.17) is 0 Å². The Hall–Kier alpha value is -1.66. The summed E-state index contributed by atoms with van der Waals surface area (Å²) in [6, 6.07) is 14.2. The molecule has 0 aliphatic rings. The van der Waals surface area contributed by atoms with Crippen LogP contribution in [0.5, 0.6) is 5.75 Å². The van der Waals surface area contributed by atoms with Crippen molar-refractivity contribution in [3.63, 3.8) is 0 Å². The predicted octanol–water partition coefficient (Wildman–Crippen LogP) is 5.42. The lowest BCUT2D eigenvalue weighted by Gasteiger charge is -2.19. The predicted molar refractivity (Wildman–Crippen MR) is 86.2 cm³/mol. The third-order valence-corrected chi connectivity index (χ3v) is 4.25. The minimum absolute atomic E-state index is 0.199. The van der Waals surface area contributed by atoms with E-state index in [-0.39, 0.29) is 5.75 Å². The maximum Gasteiger partial charge on any atom is 0.573 e. The van der Waals surface area contributed by atoms with Gasteiger partial charge in [0.05, 0.1) is 0 Å². The van der Waals surface area contributed by atoms with Gasteiger partial charge in [-0.25, -0.2) is 4.31 Å². The van der Waals surface area contributed by atoms with E-state index in [1.54, 1.807) is 24.1 Å². The molecule has 0 atom stereocenters. The first-order valence-corrected chi connectivity index (χ1v) is 7.97. The summed E-state index contributed by atoms with van der Waals surface area (Å²) in [5, 5.41) is 0. The number of hydrogen-bond donors (Lipinski definition) is 0. The van der Waals surface area contributed by atoms with Gasteiger partial charge in [0.25, 0.3) is 0 Å². The third kappa shape index (κ3) is 6.15. The van der Waals surface area contributed by atoms with Crippen molar-refractivity contribution in [1.82, 2.24) is 4.31 Å². The van der Waals surface area contributed by atoms with E-state index < -0.39 is 6.36 Å². The molecule has 0 unspecified atom stereocenters. The number of aryl methyl sites for hydroxylation is 1. The number of alkyl halides is 3. The molecule has 2 aromatic rings. The Labute approximate surface area is 138 Å². The summed E-state index contributed by atoms with van der Waals surface area (Å²) in [6.07, 6.45) is -4.65. The Morgan fingerprint density at radius 1 is 1.00 bits per heavy atom. The maximum absolute atomic E-state index is 12.1. The Morgan fingerprint density at radius 2 is 1.61 bits per heavy atom. The highest BCUT2D eigenvalue weighted by Gasteiger charge is 2.30. The van der Waals surface area contributed by atoms with Gasteiger partial charge in [0.1, 0.15) is 5.75 Å². The van der Waals surface area contributed by atoms with Crippen LogP contribution in [-0.4, -0.2) is 17.2 Å². The van der Waals surface area contributed by atoms with Crippen LogP contribution in [0.15, 0.2) is 53.4 Å². The van der Waals surface area contributed by atoms with Crippen molar-refractivity contribution in [1.29, 1.82) is 0 Å². The summed E-state index contributed by atoms with van der Waals surface area (Å²) in [6.45, 7) is 5.54. The van der Waals surface area contributed by atoms with Crippen LogP contribution in [-0.2, 0) is 6.54 Å². The zero-order valence-electron chi connectivity index (χ0n) is 12.9. The van der Waals surface area contributed by atoms with Crippen molar-refractivity contribution in [3.05, 3.63) is 59.7 Å². The van der Waals surface area contributed by atoms with Gasteiger partial charge >= 0.3 is 6.36 Å². The highest BCUT2D eigenvalue weighted by atomic mass is 32.2. The molecule has 0 aliphatic heterocycles. The average Bonchev–Trinajstić information content (AvgIpc) is 2.49. The Bertz CT molecular complexity index is 611. The van der Waals surface area contributed by atoms with Crippen LogP contribution in [0.1, 0.15) is 18.1 Å². The van der Waals surface area contributed by atoms with Gasteiger partial charge in [-0.15, -0.1) is 13.2 Å². The lowest BCUT2D eigenvalue weighted by atomic mass is 10.2. The summed E-state index contributed by atoms with van der Waals surface area (Å²) in [5.41, 5.74) is 2.14. The Morgan fingerprint density at radius 3 is 2.13 bits per heavy atom. The van der Waals surface area contributed by atoms with Crippen LogP contribution >= 0.6 is 11.9 Å². The van der Waals surface area contributed by atoms with Crippen LogP contribution in [0.25, 0.3) is 0 Å². The second kappa shape index (κ2) is 7.75. The molecule has 0 aromatic heterocycles. The van der Waals surface area contributed by atoms with E-state index >= 15 is 0 Å². The SMILES string of the molecule is CCN(Cc1ccc(OC(F)(F)F)cc1)Sc1ccc(C)cc1. The minimum atomic E-state index is -4.65. The van der Waals surface area contributed by atoms with Gasteiger partial charge in [-0.05, 0) is 48.7 Å². The average molecular weight is 341 g/mol. The lowest BCUT2D eigenvalue weighted by molar-refractivity contribution is -0.274. The molecule has 23 heavy (non-hydrogen) atoms. The molecular weight excluding hydrogens is 323 g/mol. The zero-order chi connectivity index (χ0) is 16.9. The van der Waals surface area contributed by atoms with Crippen LogP contribution in [0.3, 0.4) is 0 Å². The smallest absolute Gasteiger partial charge is 0.406 e.